The Kier molecular flexibility index (Phi) is 6.07. The normalized spacial score (nSPS) is 14.4. The average molecular weight is 403 g/mol. The van der Waals surface area contributed by atoms with E-state index in [1.807, 2.05) is 54.6 Å². The van der Waals surface area contributed by atoms with E-state index in [1.54, 1.807) is 6.92 Å². The monoisotopic (exact) mass is 403 g/mol. The van der Waals surface area contributed by atoms with Gasteiger partial charge < -0.3 is 9.26 Å². The topological polar surface area (TPSA) is 69.4 Å². The van der Waals surface area contributed by atoms with Crippen LogP contribution in [0.25, 0.3) is 11.3 Å². The molecule has 1 saturated carbocycles. The molecule has 0 saturated heterocycles. The van der Waals surface area contributed by atoms with Crippen molar-refractivity contribution >= 4 is 11.8 Å². The molecule has 1 aliphatic carbocycles. The third-order valence-corrected chi connectivity index (χ3v) is 5.76. The molecule has 0 unspecified atom stereocenters. The summed E-state index contributed by atoms with van der Waals surface area (Å²) in [6.45, 7) is 1.34. The van der Waals surface area contributed by atoms with Crippen molar-refractivity contribution in [3.63, 3.8) is 0 Å². The second-order valence-corrected chi connectivity index (χ2v) is 7.78. The van der Waals surface area contributed by atoms with Crippen LogP contribution in [0.4, 0.5) is 0 Å². The summed E-state index contributed by atoms with van der Waals surface area (Å²) in [6.07, 6.45) is 6.29. The Bertz CT molecular complexity index is 1020. The van der Waals surface area contributed by atoms with E-state index >= 15 is 0 Å². The van der Waals surface area contributed by atoms with Gasteiger partial charge in [0.1, 0.15) is 17.0 Å². The van der Waals surface area contributed by atoms with Crippen LogP contribution in [0.2, 0.25) is 0 Å². The van der Waals surface area contributed by atoms with Crippen molar-refractivity contribution in [2.75, 3.05) is 6.61 Å². The van der Waals surface area contributed by atoms with Crippen LogP contribution in [0.1, 0.15) is 70.1 Å². The zero-order chi connectivity index (χ0) is 20.9. The minimum absolute atomic E-state index is 0.228. The third-order valence-electron chi connectivity index (χ3n) is 5.76. The molecule has 0 aliphatic heterocycles. The number of ether oxygens (including phenoxy) is 1. The van der Waals surface area contributed by atoms with Gasteiger partial charge in [-0.2, -0.15) is 0 Å². The Morgan fingerprint density at radius 3 is 2.40 bits per heavy atom. The van der Waals surface area contributed by atoms with Crippen LogP contribution in [-0.4, -0.2) is 23.5 Å². The van der Waals surface area contributed by atoms with Gasteiger partial charge in [0, 0.05) is 11.1 Å². The molecule has 0 amide bonds. The zero-order valence-electron chi connectivity index (χ0n) is 17.1. The molecule has 1 aliphatic rings. The van der Waals surface area contributed by atoms with Crippen LogP contribution in [-0.2, 0) is 4.74 Å². The molecule has 5 nitrogen and oxygen atoms in total. The Balaban J connectivity index is 1.41. The Hall–Kier alpha value is -3.21. The Labute approximate surface area is 176 Å². The molecular formula is C25H25NO4. The van der Waals surface area contributed by atoms with Crippen LogP contribution in [0.15, 0.2) is 59.1 Å². The fourth-order valence-corrected chi connectivity index (χ4v) is 4.07. The molecule has 1 fully saturated rings. The average Bonchev–Trinajstić information content (AvgIpc) is 3.20. The van der Waals surface area contributed by atoms with Crippen LogP contribution < -0.4 is 0 Å². The minimum Gasteiger partial charge on any atom is -0.454 e. The number of hydrogen-bond donors (Lipinski definition) is 0. The lowest BCUT2D eigenvalue weighted by Gasteiger charge is -2.22. The third kappa shape index (κ3) is 4.35. The molecule has 0 atom stereocenters. The summed E-state index contributed by atoms with van der Waals surface area (Å²) < 4.78 is 10.5. The highest BCUT2D eigenvalue weighted by molar-refractivity contribution is 6.01. The molecule has 0 N–H and O–H groups in total. The van der Waals surface area contributed by atoms with Crippen molar-refractivity contribution in [1.82, 2.24) is 5.16 Å². The predicted molar refractivity (Wildman–Crippen MR) is 114 cm³/mol. The molecule has 0 bridgehead atoms. The quantitative estimate of drug-likeness (QED) is 0.388. The van der Waals surface area contributed by atoms with Gasteiger partial charge in [0.25, 0.3) is 0 Å². The van der Waals surface area contributed by atoms with Gasteiger partial charge in [0.2, 0.25) is 0 Å². The molecule has 1 aromatic heterocycles. The Morgan fingerprint density at radius 1 is 1.00 bits per heavy atom. The lowest BCUT2D eigenvalue weighted by molar-refractivity contribution is 0.0473. The van der Waals surface area contributed by atoms with E-state index in [9.17, 15) is 9.59 Å². The van der Waals surface area contributed by atoms with E-state index in [0.29, 0.717) is 22.9 Å². The van der Waals surface area contributed by atoms with E-state index in [1.165, 1.54) is 37.7 Å². The van der Waals surface area contributed by atoms with Crippen LogP contribution in [0.5, 0.6) is 0 Å². The first-order valence-electron chi connectivity index (χ1n) is 10.5. The van der Waals surface area contributed by atoms with Gasteiger partial charge >= 0.3 is 5.97 Å². The van der Waals surface area contributed by atoms with Gasteiger partial charge in [0.15, 0.2) is 12.4 Å². The number of Topliss-reactive ketones (excluding diaryl/α,β-unsaturated/α-hetero) is 1. The SMILES string of the molecule is Cc1onc(-c2ccccc2)c1C(=O)OCC(=O)c1ccc(C2CCCCC2)cc1. The number of rotatable bonds is 6. The maximum atomic E-state index is 12.6. The van der Waals surface area contributed by atoms with E-state index in [2.05, 4.69) is 5.16 Å². The number of aromatic nitrogens is 1. The lowest BCUT2D eigenvalue weighted by Crippen LogP contribution is -2.15. The smallest absolute Gasteiger partial charge is 0.344 e. The number of nitrogens with zero attached hydrogens (tertiary/aromatic N) is 1. The van der Waals surface area contributed by atoms with Crippen molar-refractivity contribution in [2.24, 2.45) is 0 Å². The van der Waals surface area contributed by atoms with Crippen molar-refractivity contribution < 1.29 is 18.8 Å². The summed E-state index contributed by atoms with van der Waals surface area (Å²) in [5.74, 6) is 0.116. The van der Waals surface area contributed by atoms with Crippen molar-refractivity contribution in [3.8, 4) is 11.3 Å². The first-order chi connectivity index (χ1) is 14.6. The van der Waals surface area contributed by atoms with Crippen molar-refractivity contribution in [2.45, 2.75) is 44.9 Å². The standard InChI is InChI=1S/C25H25NO4/c1-17-23(24(26-30-17)21-10-6-3-7-11-21)25(28)29-16-22(27)20-14-12-19(13-15-20)18-8-4-2-5-9-18/h3,6-7,10-15,18H,2,4-5,8-9,16H2,1H3. The summed E-state index contributed by atoms with van der Waals surface area (Å²) in [4.78, 5) is 25.2. The molecule has 3 aromatic rings. The molecular weight excluding hydrogens is 378 g/mol. The van der Waals surface area contributed by atoms with E-state index in [4.69, 9.17) is 9.26 Å². The number of carbonyl (C=O) groups is 2. The van der Waals surface area contributed by atoms with Gasteiger partial charge in [-0.3, -0.25) is 4.79 Å². The predicted octanol–water partition coefficient (Wildman–Crippen LogP) is 5.74. The summed E-state index contributed by atoms with van der Waals surface area (Å²) in [5, 5.41) is 3.99. The summed E-state index contributed by atoms with van der Waals surface area (Å²) in [7, 11) is 0. The highest BCUT2D eigenvalue weighted by atomic mass is 16.5. The number of benzene rings is 2. The highest BCUT2D eigenvalue weighted by Gasteiger charge is 2.24. The van der Waals surface area contributed by atoms with Gasteiger partial charge in [-0.15, -0.1) is 0 Å². The van der Waals surface area contributed by atoms with Crippen LogP contribution >= 0.6 is 0 Å². The molecule has 5 heteroatoms. The minimum atomic E-state index is -0.611. The number of aryl methyl sites for hydroxylation is 1. The summed E-state index contributed by atoms with van der Waals surface area (Å²) in [5.41, 5.74) is 3.26. The molecule has 0 radical (unpaired) electrons. The Morgan fingerprint density at radius 2 is 1.70 bits per heavy atom. The number of esters is 1. The second kappa shape index (κ2) is 9.08. The fourth-order valence-electron chi connectivity index (χ4n) is 4.07. The van der Waals surface area contributed by atoms with Crippen molar-refractivity contribution in [3.05, 3.63) is 77.0 Å². The van der Waals surface area contributed by atoms with E-state index in [0.717, 1.165) is 5.56 Å². The number of hydrogen-bond acceptors (Lipinski definition) is 5. The summed E-state index contributed by atoms with van der Waals surface area (Å²) >= 11 is 0. The maximum absolute atomic E-state index is 12.6. The maximum Gasteiger partial charge on any atom is 0.344 e. The lowest BCUT2D eigenvalue weighted by atomic mass is 9.84. The van der Waals surface area contributed by atoms with E-state index < -0.39 is 5.97 Å². The molecule has 30 heavy (non-hydrogen) atoms. The fraction of sp³-hybridized carbons (Fsp3) is 0.320. The van der Waals surface area contributed by atoms with Crippen molar-refractivity contribution in [1.29, 1.82) is 0 Å². The largest absolute Gasteiger partial charge is 0.454 e. The van der Waals surface area contributed by atoms with Gasteiger partial charge in [0.05, 0.1) is 0 Å². The van der Waals surface area contributed by atoms with Crippen LogP contribution in [0, 0.1) is 6.92 Å². The molecule has 0 spiro atoms. The zero-order valence-corrected chi connectivity index (χ0v) is 17.1. The molecule has 4 rings (SSSR count). The highest BCUT2D eigenvalue weighted by Crippen LogP contribution is 2.32. The first-order valence-corrected chi connectivity index (χ1v) is 10.5. The second-order valence-electron chi connectivity index (χ2n) is 7.78. The summed E-state index contributed by atoms with van der Waals surface area (Å²) in [6, 6.07) is 17.0. The van der Waals surface area contributed by atoms with Gasteiger partial charge in [-0.25, -0.2) is 4.79 Å². The number of ketones is 1. The molecule has 154 valence electrons. The molecule has 2 aromatic carbocycles. The van der Waals surface area contributed by atoms with Gasteiger partial charge in [-0.1, -0.05) is 79.0 Å². The van der Waals surface area contributed by atoms with Crippen LogP contribution in [0.3, 0.4) is 0 Å². The van der Waals surface area contributed by atoms with E-state index in [-0.39, 0.29) is 18.0 Å². The van der Waals surface area contributed by atoms with Gasteiger partial charge in [-0.05, 0) is 31.2 Å². The molecule has 1 heterocycles. The number of carbonyl (C=O) groups excluding carboxylic acids is 2. The first kappa shape index (κ1) is 20.1.